The van der Waals surface area contributed by atoms with Crippen molar-refractivity contribution in [2.75, 3.05) is 20.3 Å². The van der Waals surface area contributed by atoms with Gasteiger partial charge < -0.3 is 10.5 Å². The highest BCUT2D eigenvalue weighted by Gasteiger charge is 2.46. The Labute approximate surface area is 183 Å². The molecular formula is C25H30N2O2S. The lowest BCUT2D eigenvalue weighted by Crippen LogP contribution is -2.53. The number of benzene rings is 2. The van der Waals surface area contributed by atoms with Crippen molar-refractivity contribution in [2.45, 2.75) is 43.7 Å². The van der Waals surface area contributed by atoms with Crippen LogP contribution in [0.3, 0.4) is 0 Å². The Kier molecular flexibility index (Phi) is 6.74. The van der Waals surface area contributed by atoms with E-state index in [9.17, 15) is 4.79 Å². The first-order valence-electron chi connectivity index (χ1n) is 10.8. The summed E-state index contributed by atoms with van der Waals surface area (Å²) in [4.78, 5) is 13.4. The van der Waals surface area contributed by atoms with Crippen LogP contribution in [0.25, 0.3) is 10.5 Å². The maximum absolute atomic E-state index is 12.3. The van der Waals surface area contributed by atoms with Gasteiger partial charge in [0, 0.05) is 24.1 Å². The standard InChI is InChI=1S/C25H30N2O2S/c1-29-17-16-27-25(26,18-28)23(24(30-27)22-10-6-3-7-11-22)21-14-12-20(13-15-21)19-8-4-2-5-9-19/h3,6-7,10-15,18-19H,2,4-5,8-9,16-17,26H2,1H3. The Morgan fingerprint density at radius 1 is 1.07 bits per heavy atom. The zero-order chi connectivity index (χ0) is 21.0. The third-order valence-corrected chi connectivity index (χ3v) is 7.56. The summed E-state index contributed by atoms with van der Waals surface area (Å²) in [6.45, 7) is 1.08. The second-order valence-corrected chi connectivity index (χ2v) is 9.19. The smallest absolute Gasteiger partial charge is 0.163 e. The lowest BCUT2D eigenvalue weighted by Gasteiger charge is -2.31. The molecule has 0 saturated heterocycles. The van der Waals surface area contributed by atoms with E-state index >= 15 is 0 Å². The third kappa shape index (κ3) is 4.12. The highest BCUT2D eigenvalue weighted by atomic mass is 32.2. The zero-order valence-corrected chi connectivity index (χ0v) is 18.4. The molecular weight excluding hydrogens is 392 g/mol. The van der Waals surface area contributed by atoms with Crippen LogP contribution in [-0.4, -0.2) is 36.5 Å². The number of methoxy groups -OCH3 is 1. The Morgan fingerprint density at radius 3 is 2.40 bits per heavy atom. The van der Waals surface area contributed by atoms with Crippen LogP contribution in [0.15, 0.2) is 54.6 Å². The van der Waals surface area contributed by atoms with Crippen molar-refractivity contribution in [2.24, 2.45) is 5.73 Å². The molecule has 1 aliphatic heterocycles. The number of hydrogen-bond donors (Lipinski definition) is 1. The van der Waals surface area contributed by atoms with Crippen LogP contribution >= 0.6 is 11.9 Å². The van der Waals surface area contributed by atoms with Crippen molar-refractivity contribution in [1.29, 1.82) is 0 Å². The topological polar surface area (TPSA) is 55.6 Å². The molecule has 0 aromatic heterocycles. The van der Waals surface area contributed by atoms with Gasteiger partial charge in [0.2, 0.25) is 0 Å². The van der Waals surface area contributed by atoms with Gasteiger partial charge in [-0.25, -0.2) is 4.31 Å². The van der Waals surface area contributed by atoms with Crippen LogP contribution in [-0.2, 0) is 9.53 Å². The van der Waals surface area contributed by atoms with Gasteiger partial charge in [-0.15, -0.1) is 0 Å². The van der Waals surface area contributed by atoms with Gasteiger partial charge in [0.25, 0.3) is 0 Å². The summed E-state index contributed by atoms with van der Waals surface area (Å²) in [6, 6.07) is 18.9. The first-order chi connectivity index (χ1) is 14.7. The van der Waals surface area contributed by atoms with Crippen LogP contribution in [0.1, 0.15) is 54.7 Å². The maximum atomic E-state index is 12.3. The van der Waals surface area contributed by atoms with Crippen molar-refractivity contribution in [1.82, 2.24) is 4.31 Å². The van der Waals surface area contributed by atoms with E-state index in [1.807, 2.05) is 22.5 Å². The van der Waals surface area contributed by atoms with Crippen LogP contribution in [0.5, 0.6) is 0 Å². The summed E-state index contributed by atoms with van der Waals surface area (Å²) in [6.07, 6.45) is 7.40. The fourth-order valence-electron chi connectivity index (χ4n) is 4.57. The van der Waals surface area contributed by atoms with Gasteiger partial charge >= 0.3 is 0 Å². The highest BCUT2D eigenvalue weighted by Crippen LogP contribution is 2.51. The Morgan fingerprint density at radius 2 is 1.77 bits per heavy atom. The number of aldehydes is 1. The molecule has 2 aliphatic rings. The predicted molar refractivity (Wildman–Crippen MR) is 125 cm³/mol. The van der Waals surface area contributed by atoms with Crippen LogP contribution in [0, 0.1) is 0 Å². The van der Waals surface area contributed by atoms with E-state index in [0.29, 0.717) is 19.1 Å². The SMILES string of the molecule is COCCN1SC(c2ccccc2)=C(c2ccc(C3CCCCC3)cc2)C1(N)C=O. The molecule has 1 unspecified atom stereocenters. The molecule has 1 saturated carbocycles. The molecule has 5 heteroatoms. The van der Waals surface area contributed by atoms with Gasteiger partial charge in [0.05, 0.1) is 6.61 Å². The second-order valence-electron chi connectivity index (χ2n) is 8.16. The lowest BCUT2D eigenvalue weighted by molar-refractivity contribution is -0.113. The highest BCUT2D eigenvalue weighted by molar-refractivity contribution is 8.06. The normalized spacial score (nSPS) is 23.1. The molecule has 0 radical (unpaired) electrons. The molecule has 158 valence electrons. The van der Waals surface area contributed by atoms with E-state index in [-0.39, 0.29) is 0 Å². The molecule has 4 rings (SSSR count). The fourth-order valence-corrected chi connectivity index (χ4v) is 5.85. The first kappa shape index (κ1) is 21.3. The Hall–Kier alpha value is -1.92. The molecule has 0 bridgehead atoms. The molecule has 1 heterocycles. The molecule has 0 spiro atoms. The largest absolute Gasteiger partial charge is 0.383 e. The zero-order valence-electron chi connectivity index (χ0n) is 17.5. The molecule has 2 aromatic carbocycles. The number of ether oxygens (including phenoxy) is 1. The van der Waals surface area contributed by atoms with Gasteiger partial charge in [0.15, 0.2) is 11.9 Å². The van der Waals surface area contributed by atoms with Crippen molar-refractivity contribution >= 4 is 28.7 Å². The quantitative estimate of drug-likeness (QED) is 0.499. The van der Waals surface area contributed by atoms with E-state index in [1.54, 1.807) is 19.1 Å². The van der Waals surface area contributed by atoms with Crippen molar-refractivity contribution in [3.8, 4) is 0 Å². The lowest BCUT2D eigenvalue weighted by atomic mass is 9.83. The molecule has 2 aromatic rings. The maximum Gasteiger partial charge on any atom is 0.163 e. The van der Waals surface area contributed by atoms with E-state index < -0.39 is 5.66 Å². The summed E-state index contributed by atoms with van der Waals surface area (Å²) < 4.78 is 7.20. The van der Waals surface area contributed by atoms with Crippen LogP contribution in [0.2, 0.25) is 0 Å². The molecule has 0 amide bonds. The average Bonchev–Trinajstić information content (AvgIpc) is 3.11. The van der Waals surface area contributed by atoms with Gasteiger partial charge in [-0.2, -0.15) is 0 Å². The summed E-state index contributed by atoms with van der Waals surface area (Å²) in [7, 11) is 1.66. The molecule has 30 heavy (non-hydrogen) atoms. The van der Waals surface area contributed by atoms with Crippen molar-refractivity contribution in [3.05, 3.63) is 71.3 Å². The molecule has 4 nitrogen and oxygen atoms in total. The van der Waals surface area contributed by atoms with Crippen LogP contribution in [0.4, 0.5) is 0 Å². The van der Waals surface area contributed by atoms with E-state index in [1.165, 1.54) is 37.7 Å². The van der Waals surface area contributed by atoms with E-state index in [0.717, 1.165) is 27.9 Å². The molecule has 1 aliphatic carbocycles. The Bertz CT molecular complexity index is 891. The van der Waals surface area contributed by atoms with Gasteiger partial charge in [-0.3, -0.25) is 4.79 Å². The Balaban J connectivity index is 1.74. The minimum absolute atomic E-state index is 0.510. The summed E-state index contributed by atoms with van der Waals surface area (Å²) >= 11 is 1.55. The van der Waals surface area contributed by atoms with E-state index in [4.69, 9.17) is 10.5 Å². The first-order valence-corrected chi connectivity index (χ1v) is 11.5. The number of nitrogens with two attached hydrogens (primary N) is 1. The monoisotopic (exact) mass is 422 g/mol. The summed E-state index contributed by atoms with van der Waals surface area (Å²) in [5.41, 5.74) is 9.92. The summed E-state index contributed by atoms with van der Waals surface area (Å²) in [5.74, 6) is 0.653. The second kappa shape index (κ2) is 9.48. The van der Waals surface area contributed by atoms with Crippen LogP contribution < -0.4 is 5.73 Å². The fraction of sp³-hybridized carbons (Fsp3) is 0.400. The number of carbonyl (C=O) groups is 1. The van der Waals surface area contributed by atoms with Gasteiger partial charge in [-0.05, 0) is 47.4 Å². The molecule has 1 atom stereocenters. The third-order valence-electron chi connectivity index (χ3n) is 6.23. The number of nitrogens with zero attached hydrogens (tertiary/aromatic N) is 1. The molecule has 2 N–H and O–H groups in total. The van der Waals surface area contributed by atoms with E-state index in [2.05, 4.69) is 36.4 Å². The predicted octanol–water partition coefficient (Wildman–Crippen LogP) is 5.07. The minimum atomic E-state index is -1.19. The van der Waals surface area contributed by atoms with Crippen molar-refractivity contribution in [3.63, 3.8) is 0 Å². The average molecular weight is 423 g/mol. The minimum Gasteiger partial charge on any atom is -0.383 e. The number of hydrogen-bond acceptors (Lipinski definition) is 5. The van der Waals surface area contributed by atoms with Gasteiger partial charge in [0.1, 0.15) is 0 Å². The number of rotatable bonds is 7. The summed E-state index contributed by atoms with van der Waals surface area (Å²) in [5, 5.41) is 0. The number of carbonyl (C=O) groups excluding carboxylic acids is 1. The van der Waals surface area contributed by atoms with Crippen molar-refractivity contribution < 1.29 is 9.53 Å². The molecule has 1 fully saturated rings. The van der Waals surface area contributed by atoms with Gasteiger partial charge in [-0.1, -0.05) is 73.9 Å².